The van der Waals surface area contributed by atoms with Gasteiger partial charge in [0.25, 0.3) is 0 Å². The highest BCUT2D eigenvalue weighted by atomic mass is 16.5. The highest BCUT2D eigenvalue weighted by molar-refractivity contribution is 5.36. The maximum Gasteiger partial charge on any atom is 0.120 e. The van der Waals surface area contributed by atoms with E-state index in [0.717, 1.165) is 31.6 Å². The number of nitrogens with zero attached hydrogens (tertiary/aromatic N) is 1. The normalized spacial score (nSPS) is 10.2. The number of rotatable bonds is 11. The first-order chi connectivity index (χ1) is 9.86. The van der Waals surface area contributed by atoms with Gasteiger partial charge in [0.15, 0.2) is 0 Å². The molecule has 1 aromatic carbocycles. The summed E-state index contributed by atoms with van der Waals surface area (Å²) in [5, 5.41) is 8.77. The summed E-state index contributed by atoms with van der Waals surface area (Å²) in [7, 11) is 0. The minimum absolute atomic E-state index is 0.589. The Morgan fingerprint density at radius 3 is 2.45 bits per heavy atom. The first-order valence-electron chi connectivity index (χ1n) is 7.15. The fraction of sp³-hybridized carbons (Fsp3) is 0.562. The maximum atomic E-state index is 8.77. The second-order valence-electron chi connectivity index (χ2n) is 4.42. The molecule has 110 valence electrons. The van der Waals surface area contributed by atoms with Crippen molar-refractivity contribution < 1.29 is 14.2 Å². The van der Waals surface area contributed by atoms with Gasteiger partial charge >= 0.3 is 0 Å². The standard InChI is InChI=1S/C16H23NO3/c1-2-3-8-18-11-12-19-9-5-10-20-16-7-4-6-15(13-16)14-17/h4,6-7,13H,2-3,5,8-12H2,1H3. The molecule has 1 rings (SSSR count). The van der Waals surface area contributed by atoms with Crippen LogP contribution in [0.4, 0.5) is 0 Å². The van der Waals surface area contributed by atoms with E-state index >= 15 is 0 Å². The van der Waals surface area contributed by atoms with Gasteiger partial charge < -0.3 is 14.2 Å². The molecule has 1 aromatic rings. The van der Waals surface area contributed by atoms with Crippen LogP contribution in [0.5, 0.6) is 5.75 Å². The minimum Gasteiger partial charge on any atom is -0.493 e. The molecule has 0 aliphatic rings. The highest BCUT2D eigenvalue weighted by Gasteiger charge is 1.96. The predicted octanol–water partition coefficient (Wildman–Crippen LogP) is 3.16. The minimum atomic E-state index is 0.589. The van der Waals surface area contributed by atoms with Crippen LogP contribution in [0.2, 0.25) is 0 Å². The topological polar surface area (TPSA) is 51.5 Å². The van der Waals surface area contributed by atoms with Crippen LogP contribution < -0.4 is 4.74 Å². The van der Waals surface area contributed by atoms with Gasteiger partial charge in [-0.15, -0.1) is 0 Å². The molecular weight excluding hydrogens is 254 g/mol. The first kappa shape index (κ1) is 16.5. The number of nitriles is 1. The average Bonchev–Trinajstić information content (AvgIpc) is 2.49. The maximum absolute atomic E-state index is 8.77. The molecule has 0 unspecified atom stereocenters. The quantitative estimate of drug-likeness (QED) is 0.583. The van der Waals surface area contributed by atoms with Crippen LogP contribution in [0, 0.1) is 11.3 Å². The molecule has 0 amide bonds. The van der Waals surface area contributed by atoms with Crippen molar-refractivity contribution >= 4 is 0 Å². The molecule has 0 saturated carbocycles. The van der Waals surface area contributed by atoms with Crippen molar-refractivity contribution in [2.45, 2.75) is 26.2 Å². The van der Waals surface area contributed by atoms with E-state index in [4.69, 9.17) is 19.5 Å². The van der Waals surface area contributed by atoms with Gasteiger partial charge in [0.1, 0.15) is 5.75 Å². The molecule has 0 aliphatic heterocycles. The molecule has 0 N–H and O–H groups in total. The molecule has 0 fully saturated rings. The molecule has 4 nitrogen and oxygen atoms in total. The molecule has 20 heavy (non-hydrogen) atoms. The summed E-state index contributed by atoms with van der Waals surface area (Å²) in [6.07, 6.45) is 3.09. The van der Waals surface area contributed by atoms with Gasteiger partial charge in [0, 0.05) is 19.6 Å². The Morgan fingerprint density at radius 1 is 1.00 bits per heavy atom. The summed E-state index contributed by atoms with van der Waals surface area (Å²) in [5.74, 6) is 0.729. The van der Waals surface area contributed by atoms with Crippen LogP contribution in [0.15, 0.2) is 24.3 Å². The van der Waals surface area contributed by atoms with Gasteiger partial charge in [-0.25, -0.2) is 0 Å². The Morgan fingerprint density at radius 2 is 1.75 bits per heavy atom. The van der Waals surface area contributed by atoms with Crippen LogP contribution in [0.3, 0.4) is 0 Å². The van der Waals surface area contributed by atoms with Crippen LogP contribution in [-0.4, -0.2) is 33.0 Å². The summed E-state index contributed by atoms with van der Waals surface area (Å²) < 4.78 is 16.4. The molecule has 4 heteroatoms. The summed E-state index contributed by atoms with van der Waals surface area (Å²) in [5.41, 5.74) is 0.614. The fourth-order valence-electron chi connectivity index (χ4n) is 1.57. The fourth-order valence-corrected chi connectivity index (χ4v) is 1.57. The monoisotopic (exact) mass is 277 g/mol. The molecule has 0 saturated heterocycles. The average molecular weight is 277 g/mol. The zero-order valence-electron chi connectivity index (χ0n) is 12.1. The summed E-state index contributed by atoms with van der Waals surface area (Å²) in [6.45, 7) is 5.50. The summed E-state index contributed by atoms with van der Waals surface area (Å²) in [4.78, 5) is 0. The van der Waals surface area contributed by atoms with E-state index in [0.29, 0.717) is 32.0 Å². The Labute approximate surface area is 121 Å². The van der Waals surface area contributed by atoms with E-state index < -0.39 is 0 Å². The summed E-state index contributed by atoms with van der Waals surface area (Å²) >= 11 is 0. The lowest BCUT2D eigenvalue weighted by atomic mass is 10.2. The van der Waals surface area contributed by atoms with Gasteiger partial charge in [-0.3, -0.25) is 0 Å². The first-order valence-corrected chi connectivity index (χ1v) is 7.15. The number of hydrogen-bond donors (Lipinski definition) is 0. The molecule has 0 spiro atoms. The Balaban J connectivity index is 1.95. The van der Waals surface area contributed by atoms with Crippen molar-refractivity contribution in [2.24, 2.45) is 0 Å². The third-order valence-corrected chi connectivity index (χ3v) is 2.68. The van der Waals surface area contributed by atoms with E-state index in [2.05, 4.69) is 13.0 Å². The van der Waals surface area contributed by atoms with Gasteiger partial charge in [0.2, 0.25) is 0 Å². The molecule has 0 radical (unpaired) electrons. The number of hydrogen-bond acceptors (Lipinski definition) is 4. The second-order valence-corrected chi connectivity index (χ2v) is 4.42. The predicted molar refractivity (Wildman–Crippen MR) is 77.8 cm³/mol. The van der Waals surface area contributed by atoms with E-state index in [1.54, 1.807) is 12.1 Å². The Hall–Kier alpha value is -1.57. The number of ether oxygens (including phenoxy) is 3. The highest BCUT2D eigenvalue weighted by Crippen LogP contribution is 2.12. The lowest BCUT2D eigenvalue weighted by molar-refractivity contribution is 0.0426. The zero-order chi connectivity index (χ0) is 14.5. The van der Waals surface area contributed by atoms with Crippen molar-refractivity contribution in [1.29, 1.82) is 5.26 Å². The van der Waals surface area contributed by atoms with E-state index in [1.807, 2.05) is 12.1 Å². The lowest BCUT2D eigenvalue weighted by Crippen LogP contribution is -2.08. The van der Waals surface area contributed by atoms with Crippen molar-refractivity contribution in [3.63, 3.8) is 0 Å². The van der Waals surface area contributed by atoms with Crippen molar-refractivity contribution in [2.75, 3.05) is 33.0 Å². The lowest BCUT2D eigenvalue weighted by Gasteiger charge is -2.07. The van der Waals surface area contributed by atoms with Gasteiger partial charge in [-0.1, -0.05) is 19.4 Å². The molecule has 0 heterocycles. The molecule has 0 bridgehead atoms. The van der Waals surface area contributed by atoms with Gasteiger partial charge in [0.05, 0.1) is 31.5 Å². The second kappa shape index (κ2) is 11.3. The third kappa shape index (κ3) is 7.78. The van der Waals surface area contributed by atoms with Crippen LogP contribution in [-0.2, 0) is 9.47 Å². The zero-order valence-corrected chi connectivity index (χ0v) is 12.1. The van der Waals surface area contributed by atoms with E-state index in [9.17, 15) is 0 Å². The SMILES string of the molecule is CCCCOCCOCCCOc1cccc(C#N)c1. The number of unbranched alkanes of at least 4 members (excludes halogenated alkanes) is 1. The van der Waals surface area contributed by atoms with Crippen molar-refractivity contribution in [3.8, 4) is 11.8 Å². The van der Waals surface area contributed by atoms with E-state index in [1.165, 1.54) is 0 Å². The van der Waals surface area contributed by atoms with Crippen LogP contribution >= 0.6 is 0 Å². The van der Waals surface area contributed by atoms with Gasteiger partial charge in [-0.2, -0.15) is 5.26 Å². The van der Waals surface area contributed by atoms with E-state index in [-0.39, 0.29) is 0 Å². The van der Waals surface area contributed by atoms with Crippen LogP contribution in [0.25, 0.3) is 0 Å². The molecular formula is C16H23NO3. The summed E-state index contributed by atoms with van der Waals surface area (Å²) in [6, 6.07) is 9.25. The largest absolute Gasteiger partial charge is 0.493 e. The molecule has 0 atom stereocenters. The van der Waals surface area contributed by atoms with Crippen LogP contribution in [0.1, 0.15) is 31.7 Å². The van der Waals surface area contributed by atoms with Crippen molar-refractivity contribution in [1.82, 2.24) is 0 Å². The molecule has 0 aliphatic carbocycles. The number of benzene rings is 1. The van der Waals surface area contributed by atoms with Gasteiger partial charge in [-0.05, 0) is 24.6 Å². The Kier molecular flexibility index (Phi) is 9.29. The molecule has 0 aromatic heterocycles. The third-order valence-electron chi connectivity index (χ3n) is 2.68. The Bertz CT molecular complexity index is 401. The smallest absolute Gasteiger partial charge is 0.120 e. The van der Waals surface area contributed by atoms with Crippen molar-refractivity contribution in [3.05, 3.63) is 29.8 Å².